The molecule has 0 aromatic rings. The van der Waals surface area contributed by atoms with Crippen molar-refractivity contribution < 1.29 is 91.7 Å². The molecule has 186 valence electrons. The maximum Gasteiger partial charge on any atom is 2.00 e. The maximum atomic E-state index is 11.8. The van der Waals surface area contributed by atoms with Crippen molar-refractivity contribution in [1.82, 2.24) is 0 Å². The molecule has 0 aliphatic rings. The summed E-state index contributed by atoms with van der Waals surface area (Å²) < 4.78 is 156. The molecule has 6 nitrogen and oxygen atoms in total. The average Bonchev–Trinajstić information content (AvgIpc) is 2.55. The van der Waals surface area contributed by atoms with Crippen LogP contribution >= 0.6 is 0 Å². The van der Waals surface area contributed by atoms with E-state index in [0.29, 0.717) is 0 Å². The van der Waals surface area contributed by atoms with Crippen molar-refractivity contribution in [3.8, 4) is 0 Å². The summed E-state index contributed by atoms with van der Waals surface area (Å²) in [5, 5.41) is 22.0. The topological polar surface area (TPSA) is 108 Å². The van der Waals surface area contributed by atoms with E-state index >= 15 is 0 Å². The quantitative estimate of drug-likeness (QED) is 0.231. The molecule has 2 N–H and O–H groups in total. The van der Waals surface area contributed by atoms with Crippen LogP contribution in [0.25, 0.3) is 10.6 Å². The van der Waals surface area contributed by atoms with Gasteiger partial charge in [0, 0.05) is 0 Å². The Balaban J connectivity index is -0.000000122. The van der Waals surface area contributed by atoms with Gasteiger partial charge in [-0.05, 0) is 0 Å². The normalized spacial score (nSPS) is 12.5. The van der Waals surface area contributed by atoms with Gasteiger partial charge in [0.05, 0.1) is 0 Å². The fourth-order valence-corrected chi connectivity index (χ4v) is 1.14. The zero-order chi connectivity index (χ0) is 25.8. The van der Waals surface area contributed by atoms with Gasteiger partial charge in [-0.2, -0.15) is 66.8 Å². The van der Waals surface area contributed by atoms with E-state index in [2.05, 4.69) is 23.9 Å². The van der Waals surface area contributed by atoms with Gasteiger partial charge in [0.25, 0.3) is 0 Å². The zero-order valence-electron chi connectivity index (χ0n) is 14.9. The average molecular weight is 577 g/mol. The summed E-state index contributed by atoms with van der Waals surface area (Å²) in [6, 6.07) is 0. The molecule has 0 atom stereocenters. The Morgan fingerprint density at radius 1 is 0.548 bits per heavy atom. The summed E-state index contributed by atoms with van der Waals surface area (Å²) in [7, 11) is 1.50. The van der Waals surface area contributed by atoms with Crippen molar-refractivity contribution in [2.75, 3.05) is 27.2 Å². The minimum atomic E-state index is -5.77. The van der Waals surface area contributed by atoms with Crippen LogP contribution in [-0.4, -0.2) is 73.3 Å². The second kappa shape index (κ2) is 15.0. The Kier molecular flexibility index (Phi) is 19.6. The van der Waals surface area contributed by atoms with Crippen LogP contribution in [0.15, 0.2) is 0 Å². The number of halogens is 12. The number of likely N-dealkylation sites (N-methyl/N-ethyl adjacent to an activating group) is 2. The number of hydrogen-bond acceptors (Lipinski definition) is 2. The second-order valence-electron chi connectivity index (χ2n) is 4.66. The van der Waals surface area contributed by atoms with Crippen LogP contribution < -0.4 is 0 Å². The maximum absolute atomic E-state index is 11.8. The van der Waals surface area contributed by atoms with Crippen LogP contribution in [0.4, 0.5) is 52.7 Å². The molecule has 0 rings (SSSR count). The van der Waals surface area contributed by atoms with Crippen LogP contribution in [0.5, 0.6) is 0 Å². The van der Waals surface area contributed by atoms with Crippen LogP contribution in [0.1, 0.15) is 0 Å². The summed E-state index contributed by atoms with van der Waals surface area (Å²) in [6.45, 7) is 5.50. The predicted octanol–water partition coefficient (Wildman–Crippen LogP) is 3.61. The zero-order valence-corrected chi connectivity index (χ0v) is 16.6. The van der Waals surface area contributed by atoms with E-state index in [1.807, 2.05) is 0 Å². The van der Waals surface area contributed by atoms with Gasteiger partial charge in [0.1, 0.15) is 0 Å². The Morgan fingerprint density at radius 2 is 0.677 bits per heavy atom. The molecule has 0 amide bonds. The minimum Gasteiger partial charge on any atom is 2.00 e. The van der Waals surface area contributed by atoms with Gasteiger partial charge in [-0.1, -0.05) is 0 Å². The standard InChI is InChI=1S/2C5H6F6NO.2CO.Ru/c2*1-12-2-3(13,4(6,7)8)5(9,10)11;2*1-2;/h2*13H,2H2,1H3;;;/q2*-1;;;+2. The molecule has 0 fully saturated rings. The Bertz CT molecular complexity index is 440. The van der Waals surface area contributed by atoms with Gasteiger partial charge >= 0.3 is 66.8 Å². The van der Waals surface area contributed by atoms with Crippen LogP contribution in [0, 0.1) is 13.3 Å². The molecule has 0 saturated heterocycles. The second-order valence-corrected chi connectivity index (χ2v) is 4.66. The van der Waals surface area contributed by atoms with Gasteiger partial charge in [0.2, 0.25) is 11.2 Å². The van der Waals surface area contributed by atoms with E-state index in [9.17, 15) is 52.7 Å². The van der Waals surface area contributed by atoms with Crippen LogP contribution in [-0.2, 0) is 28.8 Å². The summed E-state index contributed by atoms with van der Waals surface area (Å²) in [4.78, 5) is 0. The molecule has 0 aliphatic carbocycles. The summed E-state index contributed by atoms with van der Waals surface area (Å²) in [6.07, 6.45) is -23.1. The van der Waals surface area contributed by atoms with Crippen molar-refractivity contribution in [3.05, 3.63) is 23.9 Å². The van der Waals surface area contributed by atoms with E-state index in [0.717, 1.165) is 14.1 Å². The molecule has 31 heavy (non-hydrogen) atoms. The van der Waals surface area contributed by atoms with Gasteiger partial charge in [-0.3, -0.25) is 0 Å². The van der Waals surface area contributed by atoms with E-state index in [4.69, 9.17) is 19.5 Å². The third-order valence-electron chi connectivity index (χ3n) is 2.65. The Labute approximate surface area is 179 Å². The molecular formula is C12H12F12N2O4Ru. The van der Waals surface area contributed by atoms with Crippen molar-refractivity contribution in [2.24, 2.45) is 0 Å². The molecule has 0 aromatic heterocycles. The molecule has 0 bridgehead atoms. The Hall–Kier alpha value is -0.897. The molecule has 0 saturated carbocycles. The number of aliphatic hydroxyl groups is 2. The first kappa shape index (κ1) is 40.5. The first-order valence-corrected chi connectivity index (χ1v) is 6.36. The van der Waals surface area contributed by atoms with Crippen molar-refractivity contribution >= 4 is 0 Å². The SMILES string of the molecule is C[N-]CC(O)(C(F)(F)F)C(F)(F)F.C[N-]CC(O)(C(F)(F)F)C(F)(F)F.[C-]#[O+].[C-]#[O+].[Ru+2]. The monoisotopic (exact) mass is 578 g/mol. The van der Waals surface area contributed by atoms with Gasteiger partial charge in [-0.25, -0.2) is 0 Å². The molecular weight excluding hydrogens is 565 g/mol. The van der Waals surface area contributed by atoms with Crippen LogP contribution in [0.3, 0.4) is 0 Å². The first-order valence-electron chi connectivity index (χ1n) is 6.36. The summed E-state index contributed by atoms with van der Waals surface area (Å²) in [5.74, 6) is 0. The van der Waals surface area contributed by atoms with Crippen molar-refractivity contribution in [3.63, 3.8) is 0 Å². The fourth-order valence-electron chi connectivity index (χ4n) is 1.14. The minimum absolute atomic E-state index is 0. The number of hydrogen-bond donors (Lipinski definition) is 2. The smallest absolute Gasteiger partial charge is 2.00 e. The molecule has 0 radical (unpaired) electrons. The molecule has 0 heterocycles. The van der Waals surface area contributed by atoms with E-state index in [-0.39, 0.29) is 19.5 Å². The van der Waals surface area contributed by atoms with Crippen molar-refractivity contribution in [2.45, 2.75) is 35.9 Å². The Morgan fingerprint density at radius 3 is 0.710 bits per heavy atom. The number of rotatable bonds is 4. The van der Waals surface area contributed by atoms with Crippen LogP contribution in [0.2, 0.25) is 0 Å². The van der Waals surface area contributed by atoms with Gasteiger partial charge in [0.15, 0.2) is 0 Å². The first-order chi connectivity index (χ1) is 13.1. The number of nitrogens with zero attached hydrogens (tertiary/aromatic N) is 2. The molecule has 0 unspecified atom stereocenters. The van der Waals surface area contributed by atoms with Gasteiger partial charge in [-0.15, -0.1) is 13.1 Å². The fraction of sp³-hybridized carbons (Fsp3) is 0.833. The summed E-state index contributed by atoms with van der Waals surface area (Å²) in [5.41, 5.74) is -9.48. The molecule has 0 aromatic carbocycles. The van der Waals surface area contributed by atoms with Gasteiger partial charge < -0.3 is 20.8 Å². The largest absolute Gasteiger partial charge is 2.00 e. The van der Waals surface area contributed by atoms with Crippen molar-refractivity contribution in [1.29, 1.82) is 0 Å². The predicted molar refractivity (Wildman–Crippen MR) is 70.3 cm³/mol. The summed E-state index contributed by atoms with van der Waals surface area (Å²) >= 11 is 0. The third-order valence-corrected chi connectivity index (χ3v) is 2.65. The van der Waals surface area contributed by atoms with E-state index in [1.54, 1.807) is 0 Å². The third kappa shape index (κ3) is 11.5. The number of alkyl halides is 12. The molecule has 0 spiro atoms. The molecule has 0 aliphatic heterocycles. The van der Waals surface area contributed by atoms with E-state index < -0.39 is 49.0 Å². The molecule has 19 heteroatoms. The van der Waals surface area contributed by atoms with E-state index in [1.165, 1.54) is 0 Å².